The van der Waals surface area contributed by atoms with Gasteiger partial charge in [0.25, 0.3) is 0 Å². The maximum Gasteiger partial charge on any atom is 0.197 e. The zero-order valence-electron chi connectivity index (χ0n) is 10.4. The predicted octanol–water partition coefficient (Wildman–Crippen LogP) is 3.55. The Labute approximate surface area is 111 Å². The molecule has 1 aliphatic carbocycles. The number of hydrogen-bond acceptors (Lipinski definition) is 2. The lowest BCUT2D eigenvalue weighted by atomic mass is 10.0. The largest absolute Gasteiger partial charge is 0.369 e. The highest BCUT2D eigenvalue weighted by molar-refractivity contribution is 6.30. The van der Waals surface area contributed by atoms with Crippen LogP contribution < -0.4 is 5.73 Å². The number of halogens is 1. The summed E-state index contributed by atoms with van der Waals surface area (Å²) < 4.78 is 0. The van der Waals surface area contributed by atoms with Crippen LogP contribution in [0.5, 0.6) is 0 Å². The number of hydrogen-bond donors (Lipinski definition) is 2. The summed E-state index contributed by atoms with van der Waals surface area (Å²) >= 11 is 6.07. The molecule has 18 heavy (non-hydrogen) atoms. The molecule has 0 spiro atoms. The van der Waals surface area contributed by atoms with Gasteiger partial charge in [-0.25, -0.2) is 4.98 Å². The molecular formula is C14H16ClN3. The predicted molar refractivity (Wildman–Crippen MR) is 73.7 cm³/mol. The molecule has 1 fully saturated rings. The molecule has 0 saturated heterocycles. The van der Waals surface area contributed by atoms with Gasteiger partial charge < -0.3 is 10.7 Å². The molecule has 94 valence electrons. The number of rotatable bonds is 2. The van der Waals surface area contributed by atoms with Gasteiger partial charge in [-0.1, -0.05) is 37.6 Å². The van der Waals surface area contributed by atoms with E-state index in [-0.39, 0.29) is 5.41 Å². The van der Waals surface area contributed by atoms with Crippen molar-refractivity contribution in [2.45, 2.75) is 25.7 Å². The first-order valence-electron chi connectivity index (χ1n) is 6.06. The lowest BCUT2D eigenvalue weighted by Gasteiger charge is -2.02. The maximum atomic E-state index is 6.07. The fourth-order valence-corrected chi connectivity index (χ4v) is 3.25. The van der Waals surface area contributed by atoms with Gasteiger partial charge in [0.05, 0.1) is 6.20 Å². The van der Waals surface area contributed by atoms with E-state index in [0.29, 0.717) is 17.8 Å². The number of imidazole rings is 1. The number of nitrogens with two attached hydrogens (primary N) is 1. The summed E-state index contributed by atoms with van der Waals surface area (Å²) in [5, 5.41) is 0.790. The Morgan fingerprint density at radius 3 is 2.72 bits per heavy atom. The molecule has 0 radical (unpaired) electrons. The van der Waals surface area contributed by atoms with Crippen molar-refractivity contribution in [2.24, 2.45) is 5.41 Å². The van der Waals surface area contributed by atoms with Crippen LogP contribution >= 0.6 is 11.6 Å². The molecule has 4 heteroatoms. The second kappa shape index (κ2) is 3.75. The van der Waals surface area contributed by atoms with Gasteiger partial charge in [0, 0.05) is 16.6 Å². The first kappa shape index (κ1) is 11.6. The molecule has 3 N–H and O–H groups in total. The van der Waals surface area contributed by atoms with Crippen LogP contribution in [0.25, 0.3) is 0 Å². The molecule has 2 aromatic rings. The summed E-state index contributed by atoms with van der Waals surface area (Å²) in [6.07, 6.45) is 1.84. The third-order valence-electron chi connectivity index (χ3n) is 3.99. The van der Waals surface area contributed by atoms with Gasteiger partial charge in [0.15, 0.2) is 5.95 Å². The molecule has 1 heterocycles. The number of anilines is 1. The van der Waals surface area contributed by atoms with E-state index in [1.165, 1.54) is 5.56 Å². The minimum absolute atomic E-state index is 0.212. The Hall–Kier alpha value is -1.48. The Morgan fingerprint density at radius 2 is 2.11 bits per heavy atom. The van der Waals surface area contributed by atoms with E-state index in [0.717, 1.165) is 10.7 Å². The SMILES string of the molecule is CC1(C)[C@H](c2cccc(Cl)c2)[C@H]1c1cnc(N)[nH]1. The molecule has 3 rings (SSSR count). The smallest absolute Gasteiger partial charge is 0.197 e. The van der Waals surface area contributed by atoms with E-state index in [9.17, 15) is 0 Å². The lowest BCUT2D eigenvalue weighted by molar-refractivity contribution is 0.598. The standard InChI is InChI=1S/C14H16ClN3/c1-14(2)11(8-4-3-5-9(15)6-8)12(14)10-7-17-13(16)18-10/h3-7,11-12H,1-2H3,(H3,16,17,18)/t11-,12-/m1/s1. The lowest BCUT2D eigenvalue weighted by Crippen LogP contribution is -1.91. The highest BCUT2D eigenvalue weighted by Gasteiger charge is 2.59. The Kier molecular flexibility index (Phi) is 2.42. The maximum absolute atomic E-state index is 6.07. The van der Waals surface area contributed by atoms with Crippen molar-refractivity contribution in [3.05, 3.63) is 46.7 Å². The molecule has 0 bridgehead atoms. The van der Waals surface area contributed by atoms with E-state index in [1.54, 1.807) is 0 Å². The van der Waals surface area contributed by atoms with E-state index >= 15 is 0 Å². The number of benzene rings is 1. The normalized spacial score (nSPS) is 25.1. The molecular weight excluding hydrogens is 246 g/mol. The monoisotopic (exact) mass is 261 g/mol. The van der Waals surface area contributed by atoms with Crippen molar-refractivity contribution in [3.8, 4) is 0 Å². The molecule has 1 aromatic heterocycles. The van der Waals surface area contributed by atoms with Crippen LogP contribution in [0.15, 0.2) is 30.5 Å². The number of aromatic nitrogens is 2. The number of nitrogens with zero attached hydrogens (tertiary/aromatic N) is 1. The fourth-order valence-electron chi connectivity index (χ4n) is 3.05. The zero-order chi connectivity index (χ0) is 12.9. The van der Waals surface area contributed by atoms with Crippen LogP contribution in [0, 0.1) is 5.41 Å². The first-order valence-corrected chi connectivity index (χ1v) is 6.44. The number of nitrogen functional groups attached to an aromatic ring is 1. The topological polar surface area (TPSA) is 54.7 Å². The third-order valence-corrected chi connectivity index (χ3v) is 4.22. The molecule has 1 aromatic carbocycles. The second-order valence-electron chi connectivity index (χ2n) is 5.56. The fraction of sp³-hybridized carbons (Fsp3) is 0.357. The van der Waals surface area contributed by atoms with Gasteiger partial charge in [-0.2, -0.15) is 0 Å². The summed E-state index contributed by atoms with van der Waals surface area (Å²) in [5.41, 5.74) is 8.26. The summed E-state index contributed by atoms with van der Waals surface area (Å²) in [5.74, 6) is 1.38. The molecule has 1 aliphatic rings. The highest BCUT2D eigenvalue weighted by atomic mass is 35.5. The summed E-state index contributed by atoms with van der Waals surface area (Å²) in [6.45, 7) is 4.53. The van der Waals surface area contributed by atoms with Crippen LogP contribution in [0.3, 0.4) is 0 Å². The molecule has 0 unspecified atom stereocenters. The van der Waals surface area contributed by atoms with Gasteiger partial charge in [-0.3, -0.25) is 0 Å². The van der Waals surface area contributed by atoms with Crippen LogP contribution in [0.4, 0.5) is 5.95 Å². The van der Waals surface area contributed by atoms with E-state index < -0.39 is 0 Å². The van der Waals surface area contributed by atoms with Crippen LogP contribution in [0.1, 0.15) is 36.9 Å². The number of H-pyrrole nitrogens is 1. The average molecular weight is 262 g/mol. The minimum atomic E-state index is 0.212. The van der Waals surface area contributed by atoms with Crippen LogP contribution in [-0.4, -0.2) is 9.97 Å². The van der Waals surface area contributed by atoms with Crippen molar-refractivity contribution in [3.63, 3.8) is 0 Å². The number of aromatic amines is 1. The minimum Gasteiger partial charge on any atom is -0.369 e. The van der Waals surface area contributed by atoms with E-state index in [4.69, 9.17) is 17.3 Å². The van der Waals surface area contributed by atoms with Gasteiger partial charge >= 0.3 is 0 Å². The molecule has 0 amide bonds. The van der Waals surface area contributed by atoms with Crippen molar-refractivity contribution in [1.29, 1.82) is 0 Å². The average Bonchev–Trinajstić information content (AvgIpc) is 2.65. The van der Waals surface area contributed by atoms with Crippen molar-refractivity contribution in [2.75, 3.05) is 5.73 Å². The Balaban J connectivity index is 1.95. The van der Waals surface area contributed by atoms with Gasteiger partial charge in [-0.05, 0) is 29.0 Å². The second-order valence-corrected chi connectivity index (χ2v) is 5.99. The molecule has 3 nitrogen and oxygen atoms in total. The Bertz CT molecular complexity index is 588. The van der Waals surface area contributed by atoms with Crippen LogP contribution in [-0.2, 0) is 0 Å². The summed E-state index contributed by atoms with van der Waals surface area (Å²) in [7, 11) is 0. The summed E-state index contributed by atoms with van der Waals surface area (Å²) in [4.78, 5) is 7.23. The first-order chi connectivity index (χ1) is 8.50. The summed E-state index contributed by atoms with van der Waals surface area (Å²) in [6, 6.07) is 8.10. The van der Waals surface area contributed by atoms with Crippen molar-refractivity contribution < 1.29 is 0 Å². The van der Waals surface area contributed by atoms with E-state index in [1.807, 2.05) is 24.4 Å². The van der Waals surface area contributed by atoms with Gasteiger partial charge in [-0.15, -0.1) is 0 Å². The zero-order valence-corrected chi connectivity index (χ0v) is 11.2. The Morgan fingerprint density at radius 1 is 1.33 bits per heavy atom. The number of nitrogens with one attached hydrogen (secondary N) is 1. The molecule has 0 aliphatic heterocycles. The van der Waals surface area contributed by atoms with Crippen molar-refractivity contribution >= 4 is 17.5 Å². The van der Waals surface area contributed by atoms with Crippen molar-refractivity contribution in [1.82, 2.24) is 9.97 Å². The third kappa shape index (κ3) is 1.70. The van der Waals surface area contributed by atoms with E-state index in [2.05, 4.69) is 29.9 Å². The van der Waals surface area contributed by atoms with Gasteiger partial charge in [0.1, 0.15) is 0 Å². The highest BCUT2D eigenvalue weighted by Crippen LogP contribution is 2.69. The van der Waals surface area contributed by atoms with Gasteiger partial charge in [0.2, 0.25) is 0 Å². The quantitative estimate of drug-likeness (QED) is 0.869. The molecule has 1 saturated carbocycles. The van der Waals surface area contributed by atoms with Crippen LogP contribution in [0.2, 0.25) is 5.02 Å². The molecule has 2 atom stereocenters.